The average molecular weight is 250 g/mol. The third-order valence-electron chi connectivity index (χ3n) is 2.19. The molecule has 6 heteroatoms. The van der Waals surface area contributed by atoms with Gasteiger partial charge in [0.1, 0.15) is 6.33 Å². The summed E-state index contributed by atoms with van der Waals surface area (Å²) in [5.74, 6) is -1.11. The highest BCUT2D eigenvalue weighted by Gasteiger charge is 2.39. The summed E-state index contributed by atoms with van der Waals surface area (Å²) in [7, 11) is 0. The molecular formula is C12H14N2O4. The van der Waals surface area contributed by atoms with Gasteiger partial charge in [0.05, 0.1) is 12.2 Å². The van der Waals surface area contributed by atoms with E-state index in [2.05, 4.69) is 9.97 Å². The van der Waals surface area contributed by atoms with Crippen LogP contribution < -0.4 is 0 Å². The quantitative estimate of drug-likeness (QED) is 0.757. The molecule has 0 bridgehead atoms. The minimum atomic E-state index is -0.909. The van der Waals surface area contributed by atoms with Gasteiger partial charge in [-0.2, -0.15) is 0 Å². The maximum Gasteiger partial charge on any atom is 0.377 e. The molecule has 1 aromatic rings. The number of carbonyl (C=O) groups excluding carboxylic acids is 1. The van der Waals surface area contributed by atoms with Crippen molar-refractivity contribution < 1.29 is 19.0 Å². The third-order valence-corrected chi connectivity index (χ3v) is 2.19. The molecule has 18 heavy (non-hydrogen) atoms. The molecule has 0 aliphatic carbocycles. The van der Waals surface area contributed by atoms with Crippen molar-refractivity contribution in [3.8, 4) is 0 Å². The number of ether oxygens (including phenoxy) is 3. The standard InChI is InChI=1S/C12H14N2O4/c1-4-16-11(15)10-9(17-12(2,3)18-10)8-5-13-7-14-6-8/h5-7H,4H2,1-3H3. The molecule has 0 unspecified atom stereocenters. The number of hydrogen-bond donors (Lipinski definition) is 0. The van der Waals surface area contributed by atoms with Gasteiger partial charge in [-0.05, 0) is 6.92 Å². The summed E-state index contributed by atoms with van der Waals surface area (Å²) in [6, 6.07) is 0. The van der Waals surface area contributed by atoms with Crippen molar-refractivity contribution in [1.29, 1.82) is 0 Å². The number of carbonyl (C=O) groups is 1. The Morgan fingerprint density at radius 2 is 2.00 bits per heavy atom. The molecule has 2 heterocycles. The SMILES string of the molecule is CCOC(=O)C1=C(c2cncnc2)OC(C)(C)O1. The van der Waals surface area contributed by atoms with Crippen LogP contribution in [0.1, 0.15) is 26.3 Å². The molecule has 0 atom stereocenters. The molecule has 6 nitrogen and oxygen atoms in total. The number of aromatic nitrogens is 2. The summed E-state index contributed by atoms with van der Waals surface area (Å²) in [5.41, 5.74) is 0.575. The van der Waals surface area contributed by atoms with Gasteiger partial charge in [0, 0.05) is 26.2 Å². The monoisotopic (exact) mass is 250 g/mol. The van der Waals surface area contributed by atoms with Crippen molar-refractivity contribution in [2.75, 3.05) is 6.61 Å². The van der Waals surface area contributed by atoms with E-state index in [1.807, 2.05) is 0 Å². The van der Waals surface area contributed by atoms with Crippen molar-refractivity contribution in [3.63, 3.8) is 0 Å². The highest BCUT2D eigenvalue weighted by atomic mass is 16.7. The second-order valence-corrected chi connectivity index (χ2v) is 4.11. The van der Waals surface area contributed by atoms with Gasteiger partial charge < -0.3 is 14.2 Å². The van der Waals surface area contributed by atoms with Gasteiger partial charge in [-0.3, -0.25) is 0 Å². The second kappa shape index (κ2) is 4.64. The molecule has 0 fully saturated rings. The summed E-state index contributed by atoms with van der Waals surface area (Å²) < 4.78 is 16.0. The van der Waals surface area contributed by atoms with E-state index in [4.69, 9.17) is 14.2 Å². The second-order valence-electron chi connectivity index (χ2n) is 4.11. The number of esters is 1. The molecule has 0 spiro atoms. The van der Waals surface area contributed by atoms with Crippen LogP contribution in [0.3, 0.4) is 0 Å². The maximum atomic E-state index is 11.8. The molecule has 0 aromatic carbocycles. The van der Waals surface area contributed by atoms with Gasteiger partial charge in [0.2, 0.25) is 5.79 Å². The zero-order chi connectivity index (χ0) is 13.2. The first-order chi connectivity index (χ1) is 8.53. The van der Waals surface area contributed by atoms with Crippen LogP contribution >= 0.6 is 0 Å². The normalized spacial score (nSPS) is 17.1. The minimum Gasteiger partial charge on any atom is -0.460 e. The molecule has 0 radical (unpaired) electrons. The summed E-state index contributed by atoms with van der Waals surface area (Å²) in [6.07, 6.45) is 4.49. The van der Waals surface area contributed by atoms with Crippen LogP contribution in [0.5, 0.6) is 0 Å². The predicted octanol–water partition coefficient (Wildman–Crippen LogP) is 1.49. The zero-order valence-corrected chi connectivity index (χ0v) is 10.5. The van der Waals surface area contributed by atoms with Gasteiger partial charge in [-0.25, -0.2) is 14.8 Å². The molecular weight excluding hydrogens is 236 g/mol. The largest absolute Gasteiger partial charge is 0.460 e. The topological polar surface area (TPSA) is 70.5 Å². The van der Waals surface area contributed by atoms with Gasteiger partial charge >= 0.3 is 5.97 Å². The molecule has 0 saturated heterocycles. The fourth-order valence-electron chi connectivity index (χ4n) is 1.54. The van der Waals surface area contributed by atoms with E-state index in [0.29, 0.717) is 11.3 Å². The number of nitrogens with zero attached hydrogens (tertiary/aromatic N) is 2. The van der Waals surface area contributed by atoms with Crippen LogP contribution in [-0.2, 0) is 19.0 Å². The zero-order valence-electron chi connectivity index (χ0n) is 10.5. The van der Waals surface area contributed by atoms with Crippen molar-refractivity contribution in [1.82, 2.24) is 9.97 Å². The molecule has 0 amide bonds. The Kier molecular flexibility index (Phi) is 3.18. The molecule has 0 N–H and O–H groups in total. The number of hydrogen-bond acceptors (Lipinski definition) is 6. The van der Waals surface area contributed by atoms with Crippen molar-refractivity contribution >= 4 is 11.7 Å². The first kappa shape index (κ1) is 12.3. The van der Waals surface area contributed by atoms with Gasteiger partial charge in [0.25, 0.3) is 5.76 Å². The van der Waals surface area contributed by atoms with E-state index in [0.717, 1.165) is 0 Å². The molecule has 1 aliphatic rings. The fourth-order valence-corrected chi connectivity index (χ4v) is 1.54. The lowest BCUT2D eigenvalue weighted by Crippen LogP contribution is -2.22. The van der Waals surface area contributed by atoms with Crippen LogP contribution in [0.2, 0.25) is 0 Å². The Bertz CT molecular complexity index is 482. The Hall–Kier alpha value is -2.11. The van der Waals surface area contributed by atoms with Gasteiger partial charge in [-0.15, -0.1) is 0 Å². The van der Waals surface area contributed by atoms with E-state index in [1.165, 1.54) is 6.33 Å². The van der Waals surface area contributed by atoms with E-state index in [9.17, 15) is 4.79 Å². The van der Waals surface area contributed by atoms with Crippen LogP contribution in [0.4, 0.5) is 0 Å². The first-order valence-electron chi connectivity index (χ1n) is 5.58. The fraction of sp³-hybridized carbons (Fsp3) is 0.417. The van der Waals surface area contributed by atoms with Gasteiger partial charge in [-0.1, -0.05) is 0 Å². The van der Waals surface area contributed by atoms with Crippen molar-refractivity contribution in [3.05, 3.63) is 30.0 Å². The molecule has 1 aromatic heterocycles. The predicted molar refractivity (Wildman–Crippen MR) is 61.8 cm³/mol. The van der Waals surface area contributed by atoms with E-state index in [1.54, 1.807) is 33.2 Å². The summed E-state index contributed by atoms with van der Waals surface area (Å²) >= 11 is 0. The van der Waals surface area contributed by atoms with Gasteiger partial charge in [0.15, 0.2) is 5.76 Å². The lowest BCUT2D eigenvalue weighted by atomic mass is 10.2. The lowest BCUT2D eigenvalue weighted by Gasteiger charge is -2.18. The Balaban J connectivity index is 2.38. The molecule has 0 saturated carbocycles. The van der Waals surface area contributed by atoms with Crippen molar-refractivity contribution in [2.45, 2.75) is 26.6 Å². The summed E-state index contributed by atoms with van der Waals surface area (Å²) in [6.45, 7) is 5.42. The Morgan fingerprint density at radius 3 is 2.61 bits per heavy atom. The van der Waals surface area contributed by atoms with Crippen LogP contribution in [0.15, 0.2) is 24.5 Å². The lowest BCUT2D eigenvalue weighted by molar-refractivity contribution is -0.152. The number of rotatable bonds is 3. The van der Waals surface area contributed by atoms with Crippen LogP contribution in [0, 0.1) is 0 Å². The average Bonchev–Trinajstić information content (AvgIpc) is 2.67. The van der Waals surface area contributed by atoms with E-state index in [-0.39, 0.29) is 12.4 Å². The third kappa shape index (κ3) is 2.42. The molecule has 1 aliphatic heterocycles. The minimum absolute atomic E-state index is 0.0525. The van der Waals surface area contributed by atoms with Crippen molar-refractivity contribution in [2.24, 2.45) is 0 Å². The maximum absolute atomic E-state index is 11.8. The first-order valence-corrected chi connectivity index (χ1v) is 5.58. The Labute approximate surface area is 105 Å². The molecule has 96 valence electrons. The highest BCUT2D eigenvalue weighted by molar-refractivity contribution is 5.94. The summed E-state index contributed by atoms with van der Waals surface area (Å²) in [5, 5.41) is 0. The van der Waals surface area contributed by atoms with E-state index >= 15 is 0 Å². The Morgan fingerprint density at radius 1 is 1.33 bits per heavy atom. The smallest absolute Gasteiger partial charge is 0.377 e. The van der Waals surface area contributed by atoms with E-state index < -0.39 is 11.8 Å². The van der Waals surface area contributed by atoms with Crippen LogP contribution in [0.25, 0.3) is 5.76 Å². The van der Waals surface area contributed by atoms with Crippen LogP contribution in [-0.4, -0.2) is 28.3 Å². The summed E-state index contributed by atoms with van der Waals surface area (Å²) in [4.78, 5) is 19.6. The molecule has 2 rings (SSSR count). The highest BCUT2D eigenvalue weighted by Crippen LogP contribution is 2.36.